The largest absolute Gasteiger partial charge is 0.352 e. The molecule has 6 heteroatoms. The number of hydrogen-bond donors (Lipinski definition) is 2. The molecule has 23 heavy (non-hydrogen) atoms. The monoisotopic (exact) mass is 322 g/mol. The number of nitrogens with one attached hydrogen (secondary N) is 2. The molecule has 0 saturated heterocycles. The Bertz CT molecular complexity index is 623. The second-order valence-corrected chi connectivity index (χ2v) is 6.47. The number of carbonyl (C=O) groups excluding carboxylic acids is 2. The summed E-state index contributed by atoms with van der Waals surface area (Å²) in [5.74, 6) is -2.35. The van der Waals surface area contributed by atoms with Crippen molar-refractivity contribution in [3.05, 3.63) is 29.8 Å². The summed E-state index contributed by atoms with van der Waals surface area (Å²) in [5.41, 5.74) is -1.20. The average Bonchev–Trinajstić information content (AvgIpc) is 3.33. The Morgan fingerprint density at radius 3 is 2.35 bits per heavy atom. The summed E-state index contributed by atoms with van der Waals surface area (Å²) in [6, 6.07) is 3.07. The van der Waals surface area contributed by atoms with Gasteiger partial charge in [-0.2, -0.15) is 0 Å². The molecule has 0 spiro atoms. The van der Waals surface area contributed by atoms with E-state index in [0.717, 1.165) is 37.8 Å². The molecule has 1 aromatic rings. The van der Waals surface area contributed by atoms with Crippen LogP contribution in [0.3, 0.4) is 0 Å². The molecule has 0 heterocycles. The molecular formula is C17H20F2N2O2. The molecule has 2 amide bonds. The second-order valence-electron chi connectivity index (χ2n) is 6.47. The molecule has 2 N–H and O–H groups in total. The first kappa shape index (κ1) is 15.9. The highest BCUT2D eigenvalue weighted by Gasteiger charge is 2.56. The van der Waals surface area contributed by atoms with Gasteiger partial charge in [-0.25, -0.2) is 8.78 Å². The van der Waals surface area contributed by atoms with E-state index in [9.17, 15) is 18.4 Å². The third kappa shape index (κ3) is 3.35. The normalized spacial score (nSPS) is 19.9. The minimum absolute atomic E-state index is 0.104. The summed E-state index contributed by atoms with van der Waals surface area (Å²) >= 11 is 0. The summed E-state index contributed by atoms with van der Waals surface area (Å²) in [7, 11) is 0. The lowest BCUT2D eigenvalue weighted by Crippen LogP contribution is -2.45. The maximum absolute atomic E-state index is 13.6. The van der Waals surface area contributed by atoms with Gasteiger partial charge in [-0.05, 0) is 37.8 Å². The number of hydrogen-bond acceptors (Lipinski definition) is 2. The van der Waals surface area contributed by atoms with Gasteiger partial charge in [0, 0.05) is 12.1 Å². The van der Waals surface area contributed by atoms with E-state index in [-0.39, 0.29) is 17.6 Å². The number of rotatable bonds is 4. The van der Waals surface area contributed by atoms with Crippen LogP contribution in [-0.4, -0.2) is 17.9 Å². The zero-order valence-corrected chi connectivity index (χ0v) is 12.8. The minimum Gasteiger partial charge on any atom is -0.352 e. The Labute approximate surface area is 133 Å². The van der Waals surface area contributed by atoms with Crippen LogP contribution < -0.4 is 10.6 Å². The molecule has 124 valence electrons. The van der Waals surface area contributed by atoms with E-state index < -0.39 is 23.0 Å². The first-order valence-electron chi connectivity index (χ1n) is 8.09. The van der Waals surface area contributed by atoms with Gasteiger partial charge in [0.05, 0.1) is 5.69 Å². The van der Waals surface area contributed by atoms with Crippen molar-refractivity contribution in [3.8, 4) is 0 Å². The summed E-state index contributed by atoms with van der Waals surface area (Å²) < 4.78 is 26.5. The molecule has 3 rings (SSSR count). The smallest absolute Gasteiger partial charge is 0.240 e. The number of anilines is 1. The van der Waals surface area contributed by atoms with Crippen LogP contribution in [-0.2, 0) is 9.59 Å². The highest BCUT2D eigenvalue weighted by atomic mass is 19.1. The first-order chi connectivity index (χ1) is 11.0. The molecular weight excluding hydrogens is 302 g/mol. The predicted molar refractivity (Wildman–Crippen MR) is 81.7 cm³/mol. The first-order valence-corrected chi connectivity index (χ1v) is 8.09. The van der Waals surface area contributed by atoms with Crippen LogP contribution >= 0.6 is 0 Å². The van der Waals surface area contributed by atoms with Crippen molar-refractivity contribution < 1.29 is 18.4 Å². The lowest BCUT2D eigenvalue weighted by atomic mass is 9.94. The zero-order valence-electron chi connectivity index (χ0n) is 12.8. The molecule has 2 saturated carbocycles. The fourth-order valence-corrected chi connectivity index (χ4v) is 3.09. The Morgan fingerprint density at radius 2 is 1.74 bits per heavy atom. The van der Waals surface area contributed by atoms with Gasteiger partial charge in [0.2, 0.25) is 11.8 Å². The van der Waals surface area contributed by atoms with Crippen molar-refractivity contribution in [2.45, 2.75) is 51.0 Å². The van der Waals surface area contributed by atoms with Crippen LogP contribution in [0.5, 0.6) is 0 Å². The van der Waals surface area contributed by atoms with E-state index >= 15 is 0 Å². The SMILES string of the molecule is O=C(Nc1ccc(F)cc1F)C1(C(=O)NC2CCCCC2)CC1. The van der Waals surface area contributed by atoms with E-state index in [4.69, 9.17) is 0 Å². The molecule has 2 fully saturated rings. The lowest BCUT2D eigenvalue weighted by Gasteiger charge is -2.25. The van der Waals surface area contributed by atoms with Gasteiger partial charge in [-0.3, -0.25) is 9.59 Å². The van der Waals surface area contributed by atoms with Gasteiger partial charge in [-0.1, -0.05) is 19.3 Å². The molecule has 0 radical (unpaired) electrons. The maximum atomic E-state index is 13.6. The van der Waals surface area contributed by atoms with Crippen LogP contribution in [0.2, 0.25) is 0 Å². The van der Waals surface area contributed by atoms with E-state index in [0.29, 0.717) is 18.9 Å². The van der Waals surface area contributed by atoms with Gasteiger partial charge in [0.1, 0.15) is 17.0 Å². The summed E-state index contributed by atoms with van der Waals surface area (Å²) in [6.07, 6.45) is 6.16. The van der Waals surface area contributed by atoms with Crippen molar-refractivity contribution in [2.75, 3.05) is 5.32 Å². The molecule has 4 nitrogen and oxygen atoms in total. The van der Waals surface area contributed by atoms with Gasteiger partial charge in [0.25, 0.3) is 0 Å². The second kappa shape index (κ2) is 6.26. The van der Waals surface area contributed by atoms with E-state index in [2.05, 4.69) is 10.6 Å². The zero-order chi connectivity index (χ0) is 16.4. The predicted octanol–water partition coefficient (Wildman–Crippen LogP) is 3.13. The molecule has 2 aliphatic rings. The number of carbonyl (C=O) groups is 2. The Kier molecular flexibility index (Phi) is 4.33. The topological polar surface area (TPSA) is 58.2 Å². The van der Waals surface area contributed by atoms with Gasteiger partial charge in [-0.15, -0.1) is 0 Å². The Hall–Kier alpha value is -1.98. The van der Waals surface area contributed by atoms with Crippen LogP contribution in [0.4, 0.5) is 14.5 Å². The maximum Gasteiger partial charge on any atom is 0.240 e. The van der Waals surface area contributed by atoms with Crippen molar-refractivity contribution >= 4 is 17.5 Å². The third-order valence-electron chi connectivity index (χ3n) is 4.74. The fourth-order valence-electron chi connectivity index (χ4n) is 3.09. The van der Waals surface area contributed by atoms with Gasteiger partial charge in [0.15, 0.2) is 0 Å². The fraction of sp³-hybridized carbons (Fsp3) is 0.529. The molecule has 1 aromatic carbocycles. The van der Waals surface area contributed by atoms with Crippen LogP contribution in [0, 0.1) is 17.0 Å². The van der Waals surface area contributed by atoms with Crippen LogP contribution in [0.25, 0.3) is 0 Å². The van der Waals surface area contributed by atoms with Crippen LogP contribution in [0.15, 0.2) is 18.2 Å². The standard InChI is InChI=1S/C17H20F2N2O2/c18-11-6-7-14(13(19)10-11)21-16(23)17(8-9-17)15(22)20-12-4-2-1-3-5-12/h6-7,10,12H,1-5,8-9H2,(H,20,22)(H,21,23). The quantitative estimate of drug-likeness (QED) is 0.837. The average molecular weight is 322 g/mol. The highest BCUT2D eigenvalue weighted by molar-refractivity contribution is 6.13. The summed E-state index contributed by atoms with van der Waals surface area (Å²) in [6.45, 7) is 0. The minimum atomic E-state index is -1.10. The van der Waals surface area contributed by atoms with Crippen molar-refractivity contribution in [1.29, 1.82) is 0 Å². The lowest BCUT2D eigenvalue weighted by molar-refractivity contribution is -0.135. The highest BCUT2D eigenvalue weighted by Crippen LogP contribution is 2.47. The number of benzene rings is 1. The van der Waals surface area contributed by atoms with E-state index in [1.54, 1.807) is 0 Å². The van der Waals surface area contributed by atoms with Gasteiger partial charge < -0.3 is 10.6 Å². The Balaban J connectivity index is 1.64. The molecule has 0 aromatic heterocycles. The number of amides is 2. The van der Waals surface area contributed by atoms with Gasteiger partial charge >= 0.3 is 0 Å². The van der Waals surface area contributed by atoms with E-state index in [1.165, 1.54) is 6.42 Å². The number of halogens is 2. The molecule has 0 bridgehead atoms. The van der Waals surface area contributed by atoms with Crippen molar-refractivity contribution in [3.63, 3.8) is 0 Å². The molecule has 0 aliphatic heterocycles. The molecule has 0 atom stereocenters. The molecule has 0 unspecified atom stereocenters. The van der Waals surface area contributed by atoms with Crippen molar-refractivity contribution in [2.24, 2.45) is 5.41 Å². The summed E-state index contributed by atoms with van der Waals surface area (Å²) in [5, 5.41) is 5.38. The van der Waals surface area contributed by atoms with Crippen molar-refractivity contribution in [1.82, 2.24) is 5.32 Å². The van der Waals surface area contributed by atoms with E-state index in [1.807, 2.05) is 0 Å². The Morgan fingerprint density at radius 1 is 1.04 bits per heavy atom. The van der Waals surface area contributed by atoms with Crippen LogP contribution in [0.1, 0.15) is 44.9 Å². The summed E-state index contributed by atoms with van der Waals surface area (Å²) in [4.78, 5) is 24.8. The molecule has 2 aliphatic carbocycles. The third-order valence-corrected chi connectivity index (χ3v) is 4.74.